The number of Topliss-reactive ketones (excluding diaryl/α,β-unsaturated/α-hetero) is 1. The number of aryl methyl sites for hydroxylation is 2. The normalized spacial score (nSPS) is 10.3. The van der Waals surface area contributed by atoms with Gasteiger partial charge < -0.3 is 29.6 Å². The first-order chi connectivity index (χ1) is 28.4. The number of amides is 2. The molecule has 0 heterocycles. The zero-order valence-corrected chi connectivity index (χ0v) is 45.6. The van der Waals surface area contributed by atoms with Gasteiger partial charge in [0.1, 0.15) is 37.5 Å². The first-order valence-corrected chi connectivity index (χ1v) is 34.6. The van der Waals surface area contributed by atoms with Gasteiger partial charge in [0.2, 0.25) is 11.8 Å². The fourth-order valence-corrected chi connectivity index (χ4v) is 5.65. The molecule has 0 saturated heterocycles. The van der Waals surface area contributed by atoms with Crippen LogP contribution in [0, 0.1) is 0 Å². The molecule has 0 aromatic heterocycles. The summed E-state index contributed by atoms with van der Waals surface area (Å²) < 4.78 is 20.5. The first-order valence-electron chi connectivity index (χ1n) is 19.3. The van der Waals surface area contributed by atoms with Crippen LogP contribution in [-0.4, -0.2) is 79.0 Å². The molecule has 0 aliphatic rings. The van der Waals surface area contributed by atoms with Gasteiger partial charge >= 0.3 is 73.3 Å². The van der Waals surface area contributed by atoms with E-state index >= 15 is 0 Å². The summed E-state index contributed by atoms with van der Waals surface area (Å²) >= 11 is 8.98. The molecule has 0 radical (unpaired) electrons. The van der Waals surface area contributed by atoms with Crippen LogP contribution in [0.15, 0.2) is 54.6 Å². The van der Waals surface area contributed by atoms with E-state index in [2.05, 4.69) is 94.7 Å². The number of unbranched alkanes of at least 4 members (excludes halogenated alkanes) is 4. The van der Waals surface area contributed by atoms with E-state index in [-0.39, 0.29) is 44.0 Å². The summed E-state index contributed by atoms with van der Waals surface area (Å²) in [5.41, 5.74) is 0.754. The standard InChI is InChI=1S/C25H37NO6.C17H23NO5.I2.2HI.V/c1-5-6-7-8-9-10-24(30)23-13-11-22(12-14-23)15-16-25(26-19(2)27,17-31-20(3)28)18-32-21(4)29;1-13(19)18-17(11-22-14(2)20,12-23-15(3)21)10-9-16-7-5-4-6-8-16;1-2;;;/h11-14H,5-10,15-18H2,1-4H3,(H,26,27);4-8H,9-12H2,1-3H3,(H,18,19);;2*1H;/q;;;;;+2/p-2. The topological polar surface area (TPSA) is 180 Å². The van der Waals surface area contributed by atoms with Crippen LogP contribution < -0.4 is 10.6 Å². The molecule has 2 rings (SSSR count). The average Bonchev–Trinajstić information content (AvgIpc) is 3.20. The third kappa shape index (κ3) is 32.2. The molecule has 0 aliphatic heterocycles. The van der Waals surface area contributed by atoms with Gasteiger partial charge in [0.25, 0.3) is 0 Å². The predicted molar refractivity (Wildman–Crippen MR) is 263 cm³/mol. The second kappa shape index (κ2) is 36.9. The van der Waals surface area contributed by atoms with Crippen molar-refractivity contribution in [1.82, 2.24) is 10.6 Å². The maximum absolute atomic E-state index is 12.4. The second-order valence-electron chi connectivity index (χ2n) is 13.9. The summed E-state index contributed by atoms with van der Waals surface area (Å²) in [5.74, 6) is -2.34. The van der Waals surface area contributed by atoms with E-state index in [0.29, 0.717) is 47.1 Å². The van der Waals surface area contributed by atoms with Crippen molar-refractivity contribution in [3.63, 3.8) is 0 Å². The number of halogens is 4. The molecular weight excluding hydrogens is 1270 g/mol. The summed E-state index contributed by atoms with van der Waals surface area (Å²) in [4.78, 5) is 80.7. The van der Waals surface area contributed by atoms with Crippen LogP contribution in [0.5, 0.6) is 0 Å². The van der Waals surface area contributed by atoms with Crippen LogP contribution >= 0.6 is 77.2 Å². The van der Waals surface area contributed by atoms with Crippen LogP contribution in [0.25, 0.3) is 0 Å². The van der Waals surface area contributed by atoms with E-state index in [1.807, 2.05) is 54.6 Å². The Balaban J connectivity index is 0. The quantitative estimate of drug-likeness (QED) is 0.0356. The second-order valence-corrected chi connectivity index (χ2v) is 25.7. The van der Waals surface area contributed by atoms with Gasteiger partial charge in [-0.2, -0.15) is 0 Å². The van der Waals surface area contributed by atoms with Crippen LogP contribution in [0.3, 0.4) is 0 Å². The third-order valence-corrected chi connectivity index (χ3v) is 8.50. The Labute approximate surface area is 408 Å². The van der Waals surface area contributed by atoms with E-state index < -0.39 is 35.0 Å². The molecule has 0 aliphatic carbocycles. The van der Waals surface area contributed by atoms with Gasteiger partial charge in [0, 0.05) is 90.8 Å². The molecule has 60 heavy (non-hydrogen) atoms. The van der Waals surface area contributed by atoms with Gasteiger partial charge in [0.15, 0.2) is 5.78 Å². The number of ether oxygens (including phenoxy) is 4. The number of nitrogens with one attached hydrogen (secondary N) is 2. The van der Waals surface area contributed by atoms with Crippen LogP contribution in [0.1, 0.15) is 121 Å². The number of hydrogen-bond donors (Lipinski definition) is 2. The van der Waals surface area contributed by atoms with Gasteiger partial charge in [0.05, 0.1) is 0 Å². The summed E-state index contributed by atoms with van der Waals surface area (Å²) in [7, 11) is 0.628. The van der Waals surface area contributed by atoms with Crippen molar-refractivity contribution in [3.8, 4) is 0 Å². The molecule has 13 nitrogen and oxygen atoms in total. The van der Waals surface area contributed by atoms with Crippen molar-refractivity contribution in [3.05, 3.63) is 71.3 Å². The minimum absolute atomic E-state index is 0.0535. The summed E-state index contributed by atoms with van der Waals surface area (Å²) in [5, 5.41) is 5.58. The van der Waals surface area contributed by atoms with Gasteiger partial charge in [-0.1, -0.05) is 87.2 Å². The monoisotopic (exact) mass is 1330 g/mol. The molecule has 0 bridgehead atoms. The van der Waals surface area contributed by atoms with Crippen molar-refractivity contribution < 1.29 is 62.0 Å². The zero-order valence-electron chi connectivity index (χ0n) is 35.5. The molecule has 0 spiro atoms. The minimum atomic E-state index is -1.03. The number of ketones is 1. The summed E-state index contributed by atoms with van der Waals surface area (Å²) in [6.07, 6.45) is 8.13. The van der Waals surface area contributed by atoms with Crippen LogP contribution in [0.2, 0.25) is 0 Å². The molecule has 2 aromatic rings. The Kier molecular flexibility index (Phi) is 37.2. The fourth-order valence-electron chi connectivity index (χ4n) is 5.65. The Bertz CT molecular complexity index is 1530. The van der Waals surface area contributed by atoms with Crippen LogP contribution in [-0.2, 0) is 70.0 Å². The summed E-state index contributed by atoms with van der Waals surface area (Å²) in [6.45, 7) is 9.73. The molecule has 337 valence electrons. The van der Waals surface area contributed by atoms with Crippen molar-refractivity contribution in [2.45, 2.75) is 124 Å². The number of esters is 4. The van der Waals surface area contributed by atoms with Gasteiger partial charge in [-0.15, -0.1) is 0 Å². The first kappa shape index (κ1) is 60.5. The van der Waals surface area contributed by atoms with Crippen molar-refractivity contribution in [1.29, 1.82) is 0 Å². The van der Waals surface area contributed by atoms with Gasteiger partial charge in [-0.05, 0) is 43.2 Å². The number of carbonyl (C=O) groups excluding carboxylic acids is 7. The van der Waals surface area contributed by atoms with E-state index in [9.17, 15) is 33.6 Å². The van der Waals surface area contributed by atoms with E-state index in [1.54, 1.807) is 0 Å². The van der Waals surface area contributed by atoms with Crippen molar-refractivity contribution in [2.24, 2.45) is 0 Å². The Morgan fingerprint density at radius 3 is 1.23 bits per heavy atom. The van der Waals surface area contributed by atoms with E-state index in [0.717, 1.165) is 24.0 Å². The number of rotatable bonds is 23. The van der Waals surface area contributed by atoms with E-state index in [1.165, 1.54) is 60.8 Å². The fraction of sp³-hybridized carbons (Fsp3) is 0.548. The average molecular weight is 1330 g/mol. The molecule has 0 saturated carbocycles. The molecule has 2 amide bonds. The molecule has 0 fully saturated rings. The van der Waals surface area contributed by atoms with Crippen molar-refractivity contribution >= 4 is 119 Å². The molecule has 2 aromatic carbocycles. The maximum atomic E-state index is 12.4. The van der Waals surface area contributed by atoms with E-state index in [4.69, 9.17) is 18.9 Å². The zero-order chi connectivity index (χ0) is 46.0. The SMILES string of the molecule is CC(=O)NC(CCc1ccccc1)(COC(C)=O)COC(C)=O.CCCCCCCC(=O)c1ccc(CCC(COC(C)=O)(COC(C)=O)NC(C)=O)cc1.II.[I][V][I]. The van der Waals surface area contributed by atoms with Gasteiger partial charge in [-0.3, -0.25) is 33.6 Å². The molecule has 0 unspecified atom stereocenters. The van der Waals surface area contributed by atoms with Crippen LogP contribution in [0.4, 0.5) is 0 Å². The predicted octanol–water partition coefficient (Wildman–Crippen LogP) is 9.32. The Morgan fingerprint density at radius 2 is 0.900 bits per heavy atom. The third-order valence-electron chi connectivity index (χ3n) is 8.50. The molecule has 18 heteroatoms. The van der Waals surface area contributed by atoms with Crippen molar-refractivity contribution in [2.75, 3.05) is 26.4 Å². The molecular formula is C42H60I4N2O11V. The molecule has 0 atom stereocenters. The molecule has 2 N–H and O–H groups in total. The number of carbonyl (C=O) groups is 7. The Hall–Kier alpha value is -1.57. The number of hydrogen-bond acceptors (Lipinski definition) is 11. The summed E-state index contributed by atoms with van der Waals surface area (Å²) in [6, 6.07) is 17.1. The van der Waals surface area contributed by atoms with Gasteiger partial charge in [-0.25, -0.2) is 0 Å². The Morgan fingerprint density at radius 1 is 0.550 bits per heavy atom. The number of benzene rings is 2.